The van der Waals surface area contributed by atoms with Crippen molar-refractivity contribution in [2.75, 3.05) is 25.2 Å². The van der Waals surface area contributed by atoms with E-state index in [-0.39, 0.29) is 16.5 Å². The van der Waals surface area contributed by atoms with Gasteiger partial charge in [-0.05, 0) is 49.1 Å². The number of nitrogens with zero attached hydrogens (tertiary/aromatic N) is 3. The summed E-state index contributed by atoms with van der Waals surface area (Å²) in [6, 6.07) is 13.3. The van der Waals surface area contributed by atoms with E-state index in [2.05, 4.69) is 15.5 Å². The molecular formula is C21H24N4O4S2. The summed E-state index contributed by atoms with van der Waals surface area (Å²) in [5.41, 5.74) is 1.06. The predicted octanol–water partition coefficient (Wildman–Crippen LogP) is 4.13. The van der Waals surface area contributed by atoms with Crippen LogP contribution in [0.1, 0.15) is 30.1 Å². The number of thioether (sulfide) groups is 1. The quantitative estimate of drug-likeness (QED) is 0.479. The van der Waals surface area contributed by atoms with Gasteiger partial charge in [0.25, 0.3) is 11.8 Å². The van der Waals surface area contributed by atoms with Crippen molar-refractivity contribution in [1.29, 1.82) is 0 Å². The zero-order valence-corrected chi connectivity index (χ0v) is 19.2. The fourth-order valence-electron chi connectivity index (χ4n) is 2.83. The number of aromatic nitrogens is 2. The van der Waals surface area contributed by atoms with Crippen molar-refractivity contribution in [1.82, 2.24) is 14.5 Å². The highest BCUT2D eigenvalue weighted by molar-refractivity contribution is 7.98. The van der Waals surface area contributed by atoms with Gasteiger partial charge >= 0.3 is 6.01 Å². The number of amides is 1. The second-order valence-electron chi connectivity index (χ2n) is 6.77. The van der Waals surface area contributed by atoms with Crippen LogP contribution in [0.25, 0.3) is 11.5 Å². The third-order valence-electron chi connectivity index (χ3n) is 4.63. The monoisotopic (exact) mass is 460 g/mol. The van der Waals surface area contributed by atoms with Gasteiger partial charge < -0.3 is 4.42 Å². The number of hydrogen-bond donors (Lipinski definition) is 1. The van der Waals surface area contributed by atoms with Crippen LogP contribution in [-0.2, 0) is 10.0 Å². The number of rotatable bonds is 9. The smallest absolute Gasteiger partial charge is 0.322 e. The molecule has 31 heavy (non-hydrogen) atoms. The number of hydrogen-bond acceptors (Lipinski definition) is 7. The van der Waals surface area contributed by atoms with Crippen molar-refractivity contribution in [2.24, 2.45) is 0 Å². The maximum absolute atomic E-state index is 12.6. The number of nitrogens with one attached hydrogen (secondary N) is 1. The third-order valence-corrected chi connectivity index (χ3v) is 7.30. The van der Waals surface area contributed by atoms with Crippen molar-refractivity contribution in [3.8, 4) is 11.5 Å². The fourth-order valence-corrected chi connectivity index (χ4v) is 4.63. The lowest BCUT2D eigenvalue weighted by molar-refractivity contribution is 0.102. The Morgan fingerprint density at radius 1 is 1.13 bits per heavy atom. The minimum absolute atomic E-state index is 0.0353. The van der Waals surface area contributed by atoms with Gasteiger partial charge in [-0.1, -0.05) is 30.6 Å². The molecule has 0 saturated heterocycles. The molecule has 8 nitrogen and oxygen atoms in total. The Morgan fingerprint density at radius 2 is 1.84 bits per heavy atom. The van der Waals surface area contributed by atoms with E-state index >= 15 is 0 Å². The fraction of sp³-hybridized carbons (Fsp3) is 0.286. The summed E-state index contributed by atoms with van der Waals surface area (Å²) in [6.45, 7) is 2.45. The molecule has 164 valence electrons. The van der Waals surface area contributed by atoms with Crippen LogP contribution >= 0.6 is 11.8 Å². The van der Waals surface area contributed by atoms with Crippen molar-refractivity contribution in [3.63, 3.8) is 0 Å². The molecule has 10 heteroatoms. The van der Waals surface area contributed by atoms with E-state index in [4.69, 9.17) is 4.42 Å². The van der Waals surface area contributed by atoms with Crippen LogP contribution in [-0.4, -0.2) is 48.7 Å². The Bertz CT molecular complexity index is 1140. The summed E-state index contributed by atoms with van der Waals surface area (Å²) in [4.78, 5) is 13.6. The van der Waals surface area contributed by atoms with Gasteiger partial charge in [-0.3, -0.25) is 10.1 Å². The highest BCUT2D eigenvalue weighted by Gasteiger charge is 2.21. The van der Waals surface area contributed by atoms with Crippen LogP contribution in [0, 0.1) is 0 Å². The standard InChI is InChI=1S/C21H24N4O4S2/c1-4-5-14-25(2)31(27,28)16-12-10-15(11-13-16)19(26)22-21-24-23-20(29-21)17-8-6-7-9-18(17)30-3/h6-13H,4-5,14H2,1-3H3,(H,22,24,26). The molecule has 0 aliphatic rings. The van der Waals surface area contributed by atoms with E-state index in [1.54, 1.807) is 18.8 Å². The summed E-state index contributed by atoms with van der Waals surface area (Å²) >= 11 is 1.55. The molecule has 0 bridgehead atoms. The molecule has 0 aliphatic carbocycles. The van der Waals surface area contributed by atoms with Crippen LogP contribution in [0.15, 0.2) is 62.7 Å². The summed E-state index contributed by atoms with van der Waals surface area (Å²) in [7, 11) is -2.04. The molecule has 0 fully saturated rings. The summed E-state index contributed by atoms with van der Waals surface area (Å²) in [5.74, 6) is -0.173. The Balaban J connectivity index is 1.71. The topological polar surface area (TPSA) is 105 Å². The minimum atomic E-state index is -3.59. The van der Waals surface area contributed by atoms with Gasteiger partial charge in [0.1, 0.15) is 0 Å². The maximum atomic E-state index is 12.6. The number of unbranched alkanes of at least 4 members (excludes halogenated alkanes) is 1. The SMILES string of the molecule is CCCCN(C)S(=O)(=O)c1ccc(C(=O)Nc2nnc(-c3ccccc3SC)o2)cc1. The van der Waals surface area contributed by atoms with Gasteiger partial charge in [-0.25, -0.2) is 12.7 Å². The van der Waals surface area contributed by atoms with E-state index in [0.29, 0.717) is 12.4 Å². The first kappa shape index (κ1) is 23.0. The summed E-state index contributed by atoms with van der Waals surface area (Å²) < 4.78 is 32.1. The number of anilines is 1. The molecule has 2 aromatic carbocycles. The molecular weight excluding hydrogens is 436 g/mol. The van der Waals surface area contributed by atoms with Gasteiger partial charge in [0, 0.05) is 24.1 Å². The molecule has 1 heterocycles. The van der Waals surface area contributed by atoms with E-state index in [9.17, 15) is 13.2 Å². The van der Waals surface area contributed by atoms with Gasteiger partial charge in [0.2, 0.25) is 10.0 Å². The van der Waals surface area contributed by atoms with Crippen molar-refractivity contribution in [2.45, 2.75) is 29.6 Å². The van der Waals surface area contributed by atoms with Gasteiger partial charge in [-0.15, -0.1) is 16.9 Å². The lowest BCUT2D eigenvalue weighted by Crippen LogP contribution is -2.28. The first-order valence-corrected chi connectivity index (χ1v) is 12.4. The Kier molecular flexibility index (Phi) is 7.47. The molecule has 0 spiro atoms. The van der Waals surface area contributed by atoms with Crippen LogP contribution in [0.2, 0.25) is 0 Å². The second kappa shape index (κ2) is 10.1. The molecule has 0 atom stereocenters. The molecule has 3 rings (SSSR count). The van der Waals surface area contributed by atoms with Crippen LogP contribution in [0.5, 0.6) is 0 Å². The van der Waals surface area contributed by atoms with Crippen LogP contribution in [0.3, 0.4) is 0 Å². The van der Waals surface area contributed by atoms with Crippen LogP contribution in [0.4, 0.5) is 6.01 Å². The number of benzene rings is 2. The molecule has 1 aromatic heterocycles. The minimum Gasteiger partial charge on any atom is -0.403 e. The van der Waals surface area contributed by atoms with E-state index < -0.39 is 15.9 Å². The molecule has 0 aliphatic heterocycles. The highest BCUT2D eigenvalue weighted by atomic mass is 32.2. The average Bonchev–Trinajstić information content (AvgIpc) is 3.25. The number of carbonyl (C=O) groups is 1. The molecule has 0 radical (unpaired) electrons. The zero-order chi connectivity index (χ0) is 22.4. The molecule has 0 saturated carbocycles. The molecule has 1 N–H and O–H groups in total. The van der Waals surface area contributed by atoms with E-state index in [0.717, 1.165) is 23.3 Å². The van der Waals surface area contributed by atoms with Gasteiger partial charge in [-0.2, -0.15) is 0 Å². The third kappa shape index (κ3) is 5.33. The largest absolute Gasteiger partial charge is 0.403 e. The normalized spacial score (nSPS) is 11.6. The lowest BCUT2D eigenvalue weighted by atomic mass is 10.2. The first-order chi connectivity index (χ1) is 14.9. The second-order valence-corrected chi connectivity index (χ2v) is 9.66. The number of sulfonamides is 1. The predicted molar refractivity (Wildman–Crippen MR) is 121 cm³/mol. The Labute approximate surface area is 186 Å². The molecule has 1 amide bonds. The first-order valence-electron chi connectivity index (χ1n) is 9.71. The Morgan fingerprint density at radius 3 is 2.52 bits per heavy atom. The van der Waals surface area contributed by atoms with Crippen molar-refractivity contribution < 1.29 is 17.6 Å². The molecule has 0 unspecified atom stereocenters. The van der Waals surface area contributed by atoms with Crippen molar-refractivity contribution in [3.05, 3.63) is 54.1 Å². The average molecular weight is 461 g/mol. The molecule has 3 aromatic rings. The van der Waals surface area contributed by atoms with Crippen LogP contribution < -0.4 is 5.32 Å². The van der Waals surface area contributed by atoms with Crippen molar-refractivity contribution >= 4 is 33.7 Å². The maximum Gasteiger partial charge on any atom is 0.322 e. The zero-order valence-electron chi connectivity index (χ0n) is 17.5. The van der Waals surface area contributed by atoms with E-state index in [1.165, 1.54) is 28.6 Å². The van der Waals surface area contributed by atoms with Gasteiger partial charge in [0.05, 0.1) is 10.5 Å². The number of carbonyl (C=O) groups excluding carboxylic acids is 1. The summed E-state index contributed by atoms with van der Waals surface area (Å²) in [5, 5.41) is 10.4. The lowest BCUT2D eigenvalue weighted by Gasteiger charge is -2.16. The Hall–Kier alpha value is -2.69. The van der Waals surface area contributed by atoms with E-state index in [1.807, 2.05) is 37.4 Å². The highest BCUT2D eigenvalue weighted by Crippen LogP contribution is 2.29. The summed E-state index contributed by atoms with van der Waals surface area (Å²) in [6.07, 6.45) is 3.63. The van der Waals surface area contributed by atoms with Gasteiger partial charge in [0.15, 0.2) is 0 Å².